The van der Waals surface area contributed by atoms with Crippen molar-refractivity contribution in [2.75, 3.05) is 6.54 Å². The van der Waals surface area contributed by atoms with Crippen molar-refractivity contribution >= 4 is 21.8 Å². The summed E-state index contributed by atoms with van der Waals surface area (Å²) in [4.78, 5) is 15.9. The fourth-order valence-electron chi connectivity index (χ4n) is 3.03. The molecule has 0 unspecified atom stereocenters. The van der Waals surface area contributed by atoms with Crippen molar-refractivity contribution in [2.24, 2.45) is 0 Å². The minimum atomic E-state index is 0.0765. The maximum atomic E-state index is 12.5. The molecule has 7 heteroatoms. The molecule has 1 aromatic heterocycles. The van der Waals surface area contributed by atoms with Crippen LogP contribution in [0.2, 0.25) is 0 Å². The average Bonchev–Trinajstić information content (AvgIpc) is 3.03. The van der Waals surface area contributed by atoms with Gasteiger partial charge in [-0.1, -0.05) is 35.0 Å². The number of tetrazole rings is 1. The maximum Gasteiger partial charge on any atom is 0.246 e. The molecule has 1 fully saturated rings. The second-order valence-electron chi connectivity index (χ2n) is 5.77. The minimum absolute atomic E-state index is 0.0765. The summed E-state index contributed by atoms with van der Waals surface area (Å²) in [6.45, 7) is 3.12. The third-order valence-corrected chi connectivity index (χ3v) is 4.95. The van der Waals surface area contributed by atoms with Crippen LogP contribution in [0.1, 0.15) is 32.6 Å². The zero-order chi connectivity index (χ0) is 16.2. The molecule has 6 nitrogen and oxygen atoms in total. The van der Waals surface area contributed by atoms with Crippen LogP contribution in [0, 0.1) is 0 Å². The van der Waals surface area contributed by atoms with Crippen molar-refractivity contribution < 1.29 is 4.79 Å². The third kappa shape index (κ3) is 3.60. The third-order valence-electron chi connectivity index (χ3n) is 4.26. The molecule has 1 saturated heterocycles. The Morgan fingerprint density at radius 2 is 2.17 bits per heavy atom. The molecular weight excluding hydrogens is 358 g/mol. The molecule has 23 heavy (non-hydrogen) atoms. The number of halogens is 1. The first-order chi connectivity index (χ1) is 11.2. The lowest BCUT2D eigenvalue weighted by atomic mass is 10.00. The monoisotopic (exact) mass is 377 g/mol. The molecule has 0 spiro atoms. The topological polar surface area (TPSA) is 63.9 Å². The molecule has 0 bridgehead atoms. The maximum absolute atomic E-state index is 12.5. The van der Waals surface area contributed by atoms with E-state index < -0.39 is 0 Å². The van der Waals surface area contributed by atoms with Gasteiger partial charge in [0.25, 0.3) is 0 Å². The van der Waals surface area contributed by atoms with Gasteiger partial charge in [-0.2, -0.15) is 4.80 Å². The van der Waals surface area contributed by atoms with Crippen LogP contribution in [0.15, 0.2) is 28.7 Å². The Morgan fingerprint density at radius 1 is 1.35 bits per heavy atom. The van der Waals surface area contributed by atoms with Gasteiger partial charge >= 0.3 is 0 Å². The summed E-state index contributed by atoms with van der Waals surface area (Å²) in [5.41, 5.74) is 0.871. The summed E-state index contributed by atoms with van der Waals surface area (Å²) in [6.07, 6.45) is 4.37. The van der Waals surface area contributed by atoms with Crippen LogP contribution in [0.3, 0.4) is 0 Å². The highest BCUT2D eigenvalue weighted by Crippen LogP contribution is 2.24. The van der Waals surface area contributed by atoms with E-state index in [1.54, 1.807) is 0 Å². The molecule has 1 aliphatic heterocycles. The average molecular weight is 378 g/mol. The van der Waals surface area contributed by atoms with E-state index in [-0.39, 0.29) is 12.5 Å². The Balaban J connectivity index is 1.71. The van der Waals surface area contributed by atoms with Crippen LogP contribution >= 0.6 is 15.9 Å². The first-order valence-corrected chi connectivity index (χ1v) is 8.80. The molecule has 1 aliphatic rings. The Kier molecular flexibility index (Phi) is 5.05. The summed E-state index contributed by atoms with van der Waals surface area (Å²) in [6, 6.07) is 8.06. The second-order valence-corrected chi connectivity index (χ2v) is 6.62. The van der Waals surface area contributed by atoms with Crippen molar-refractivity contribution in [2.45, 2.75) is 45.2 Å². The molecule has 2 heterocycles. The summed E-state index contributed by atoms with van der Waals surface area (Å²) in [5.74, 6) is 0.601. The van der Waals surface area contributed by atoms with Crippen LogP contribution in [0.5, 0.6) is 0 Å². The highest BCUT2D eigenvalue weighted by atomic mass is 79.9. The summed E-state index contributed by atoms with van der Waals surface area (Å²) < 4.78 is 0.910. The molecular formula is C16H20BrN5O. The van der Waals surface area contributed by atoms with Gasteiger partial charge < -0.3 is 4.90 Å². The van der Waals surface area contributed by atoms with E-state index in [9.17, 15) is 4.79 Å². The summed E-state index contributed by atoms with van der Waals surface area (Å²) in [7, 11) is 0. The number of nitrogens with zero attached hydrogens (tertiary/aromatic N) is 5. The number of likely N-dealkylation sites (tertiary alicyclic amines) is 1. The molecule has 3 rings (SSSR count). The van der Waals surface area contributed by atoms with Gasteiger partial charge in [-0.05, 0) is 43.0 Å². The lowest BCUT2D eigenvalue weighted by molar-refractivity contribution is -0.136. The summed E-state index contributed by atoms with van der Waals surface area (Å²) >= 11 is 3.48. The lowest BCUT2D eigenvalue weighted by Crippen LogP contribution is -2.45. The molecule has 1 atom stereocenters. The molecule has 1 aromatic carbocycles. The Hall–Kier alpha value is -1.76. The number of amides is 1. The quantitative estimate of drug-likeness (QED) is 0.821. The molecule has 0 saturated carbocycles. The molecule has 2 aromatic rings. The number of benzene rings is 1. The van der Waals surface area contributed by atoms with E-state index in [2.05, 4.69) is 38.3 Å². The predicted octanol–water partition coefficient (Wildman–Crippen LogP) is 2.89. The van der Waals surface area contributed by atoms with Gasteiger partial charge in [0.15, 0.2) is 0 Å². The predicted molar refractivity (Wildman–Crippen MR) is 90.6 cm³/mol. The van der Waals surface area contributed by atoms with Crippen LogP contribution in [-0.2, 0) is 11.3 Å². The molecule has 0 aliphatic carbocycles. The van der Waals surface area contributed by atoms with E-state index in [4.69, 9.17) is 0 Å². The zero-order valence-corrected chi connectivity index (χ0v) is 14.7. The fourth-order valence-corrected chi connectivity index (χ4v) is 3.49. The van der Waals surface area contributed by atoms with E-state index in [0.29, 0.717) is 11.9 Å². The van der Waals surface area contributed by atoms with E-state index in [1.165, 1.54) is 11.2 Å². The molecule has 0 N–H and O–H groups in total. The highest BCUT2D eigenvalue weighted by molar-refractivity contribution is 9.10. The van der Waals surface area contributed by atoms with E-state index in [1.807, 2.05) is 29.2 Å². The van der Waals surface area contributed by atoms with Crippen molar-refractivity contribution in [3.05, 3.63) is 28.7 Å². The van der Waals surface area contributed by atoms with Gasteiger partial charge in [0.2, 0.25) is 11.7 Å². The van der Waals surface area contributed by atoms with Crippen molar-refractivity contribution in [1.82, 2.24) is 25.1 Å². The van der Waals surface area contributed by atoms with Crippen LogP contribution in [-0.4, -0.2) is 43.6 Å². The smallest absolute Gasteiger partial charge is 0.246 e. The van der Waals surface area contributed by atoms with Crippen LogP contribution in [0.25, 0.3) is 11.4 Å². The van der Waals surface area contributed by atoms with Gasteiger partial charge in [-0.15, -0.1) is 10.2 Å². The molecule has 1 amide bonds. The van der Waals surface area contributed by atoms with E-state index >= 15 is 0 Å². The van der Waals surface area contributed by atoms with Gasteiger partial charge in [-0.3, -0.25) is 4.79 Å². The van der Waals surface area contributed by atoms with Crippen LogP contribution < -0.4 is 0 Å². The standard InChI is InChI=1S/C16H20BrN5O/c1-2-12-7-5-6-10-21(12)15(23)11-22-19-16(18-20-22)13-8-3-4-9-14(13)17/h3-4,8-9,12H,2,5-7,10-11H2,1H3/t12-/m1/s1. The van der Waals surface area contributed by atoms with E-state index in [0.717, 1.165) is 35.8 Å². The molecule has 0 radical (unpaired) electrons. The minimum Gasteiger partial charge on any atom is -0.338 e. The number of aromatic nitrogens is 4. The highest BCUT2D eigenvalue weighted by Gasteiger charge is 2.25. The first kappa shape index (κ1) is 16.1. The van der Waals surface area contributed by atoms with Crippen molar-refractivity contribution in [1.29, 1.82) is 0 Å². The summed E-state index contributed by atoms with van der Waals surface area (Å²) in [5, 5.41) is 12.4. The SMILES string of the molecule is CC[C@@H]1CCCCN1C(=O)Cn1nnc(-c2ccccc2Br)n1. The largest absolute Gasteiger partial charge is 0.338 e. The van der Waals surface area contributed by atoms with Gasteiger partial charge in [0.05, 0.1) is 0 Å². The lowest BCUT2D eigenvalue weighted by Gasteiger charge is -2.35. The Labute approximate surface area is 144 Å². The number of hydrogen-bond donors (Lipinski definition) is 0. The number of carbonyl (C=O) groups excluding carboxylic acids is 1. The second kappa shape index (κ2) is 7.21. The number of hydrogen-bond acceptors (Lipinski definition) is 4. The van der Waals surface area contributed by atoms with Gasteiger partial charge in [-0.25, -0.2) is 0 Å². The number of rotatable bonds is 4. The first-order valence-electron chi connectivity index (χ1n) is 8.01. The Bertz CT molecular complexity index is 687. The molecule has 122 valence electrons. The van der Waals surface area contributed by atoms with Crippen molar-refractivity contribution in [3.63, 3.8) is 0 Å². The normalized spacial score (nSPS) is 18.2. The van der Waals surface area contributed by atoms with Crippen molar-refractivity contribution in [3.8, 4) is 11.4 Å². The zero-order valence-electron chi connectivity index (χ0n) is 13.2. The number of carbonyl (C=O) groups is 1. The Morgan fingerprint density at radius 3 is 2.96 bits per heavy atom. The van der Waals surface area contributed by atoms with Gasteiger partial charge in [0, 0.05) is 22.6 Å². The fraction of sp³-hybridized carbons (Fsp3) is 0.500. The van der Waals surface area contributed by atoms with Gasteiger partial charge in [0.1, 0.15) is 6.54 Å². The van der Waals surface area contributed by atoms with Crippen LogP contribution in [0.4, 0.5) is 0 Å². The number of piperidine rings is 1.